The predicted molar refractivity (Wildman–Crippen MR) is 56.1 cm³/mol. The number of hydrogen-bond acceptors (Lipinski definition) is 3. The molecule has 0 spiro atoms. The normalized spacial score (nSPS) is 10.0. The average molecular weight is 204 g/mol. The van der Waals surface area contributed by atoms with Gasteiger partial charge in [0.05, 0.1) is 0 Å². The third-order valence-corrected chi connectivity index (χ3v) is 2.67. The summed E-state index contributed by atoms with van der Waals surface area (Å²) in [6, 6.07) is 9.70. The van der Waals surface area contributed by atoms with Crippen LogP contribution >= 0.6 is 11.3 Å². The van der Waals surface area contributed by atoms with Crippen LogP contribution in [-0.4, -0.2) is 10.9 Å². The van der Waals surface area contributed by atoms with Gasteiger partial charge in [-0.3, -0.25) is 4.79 Å². The molecular formula is C10H8N2OS. The van der Waals surface area contributed by atoms with E-state index in [4.69, 9.17) is 5.73 Å². The lowest BCUT2D eigenvalue weighted by molar-refractivity contribution is 0.0996. The SMILES string of the molecule is NC(=O)c1csc(-c2ccccc2)n1. The van der Waals surface area contributed by atoms with Crippen LogP contribution in [0.2, 0.25) is 0 Å². The monoisotopic (exact) mass is 204 g/mol. The maximum atomic E-state index is 10.8. The second-order valence-corrected chi connectivity index (χ2v) is 3.63. The second-order valence-electron chi connectivity index (χ2n) is 2.77. The van der Waals surface area contributed by atoms with Crippen molar-refractivity contribution in [3.63, 3.8) is 0 Å². The molecule has 2 aromatic rings. The van der Waals surface area contributed by atoms with Gasteiger partial charge in [-0.1, -0.05) is 30.3 Å². The highest BCUT2D eigenvalue weighted by atomic mass is 32.1. The van der Waals surface area contributed by atoms with Crippen molar-refractivity contribution >= 4 is 17.2 Å². The Kier molecular flexibility index (Phi) is 2.28. The van der Waals surface area contributed by atoms with Crippen molar-refractivity contribution in [1.82, 2.24) is 4.98 Å². The molecule has 3 nitrogen and oxygen atoms in total. The molecule has 0 bridgehead atoms. The van der Waals surface area contributed by atoms with E-state index in [1.54, 1.807) is 5.38 Å². The van der Waals surface area contributed by atoms with E-state index in [0.717, 1.165) is 10.6 Å². The second kappa shape index (κ2) is 3.59. The van der Waals surface area contributed by atoms with Crippen LogP contribution in [0, 0.1) is 0 Å². The molecular weight excluding hydrogens is 196 g/mol. The first-order chi connectivity index (χ1) is 6.77. The number of benzene rings is 1. The molecule has 0 aliphatic rings. The predicted octanol–water partition coefficient (Wildman–Crippen LogP) is 1.91. The third-order valence-electron chi connectivity index (χ3n) is 1.78. The summed E-state index contributed by atoms with van der Waals surface area (Å²) in [5.74, 6) is -0.483. The van der Waals surface area contributed by atoms with E-state index in [-0.39, 0.29) is 0 Å². The Hall–Kier alpha value is -1.68. The fraction of sp³-hybridized carbons (Fsp3) is 0. The number of primary amides is 1. The van der Waals surface area contributed by atoms with Gasteiger partial charge in [-0.15, -0.1) is 11.3 Å². The summed E-state index contributed by atoms with van der Waals surface area (Å²) in [6.45, 7) is 0. The Bertz CT molecular complexity index is 450. The molecule has 1 amide bonds. The number of nitrogens with two attached hydrogens (primary N) is 1. The molecule has 2 N–H and O–H groups in total. The number of hydrogen-bond donors (Lipinski definition) is 1. The number of amides is 1. The quantitative estimate of drug-likeness (QED) is 0.812. The molecule has 0 fully saturated rings. The van der Waals surface area contributed by atoms with Crippen molar-refractivity contribution in [2.45, 2.75) is 0 Å². The number of nitrogens with zero attached hydrogens (tertiary/aromatic N) is 1. The largest absolute Gasteiger partial charge is 0.364 e. The molecule has 70 valence electrons. The molecule has 1 heterocycles. The molecule has 1 aromatic carbocycles. The van der Waals surface area contributed by atoms with Crippen LogP contribution in [0.1, 0.15) is 10.5 Å². The first-order valence-electron chi connectivity index (χ1n) is 4.08. The number of carbonyl (C=O) groups excluding carboxylic acids is 1. The van der Waals surface area contributed by atoms with Crippen molar-refractivity contribution in [3.05, 3.63) is 41.4 Å². The highest BCUT2D eigenvalue weighted by Crippen LogP contribution is 2.22. The van der Waals surface area contributed by atoms with E-state index in [1.165, 1.54) is 11.3 Å². The van der Waals surface area contributed by atoms with Gasteiger partial charge < -0.3 is 5.73 Å². The Morgan fingerprint density at radius 3 is 2.57 bits per heavy atom. The number of carbonyl (C=O) groups is 1. The highest BCUT2D eigenvalue weighted by molar-refractivity contribution is 7.13. The van der Waals surface area contributed by atoms with E-state index in [0.29, 0.717) is 5.69 Å². The van der Waals surface area contributed by atoms with Gasteiger partial charge in [-0.25, -0.2) is 4.98 Å². The van der Waals surface area contributed by atoms with Gasteiger partial charge in [0.15, 0.2) is 0 Å². The third kappa shape index (κ3) is 1.65. The van der Waals surface area contributed by atoms with E-state index >= 15 is 0 Å². The standard InChI is InChI=1S/C10H8N2OS/c11-9(13)8-6-14-10(12-8)7-4-2-1-3-5-7/h1-6H,(H2,11,13). The van der Waals surface area contributed by atoms with E-state index in [1.807, 2.05) is 30.3 Å². The van der Waals surface area contributed by atoms with Crippen LogP contribution in [-0.2, 0) is 0 Å². The molecule has 0 radical (unpaired) electrons. The first-order valence-corrected chi connectivity index (χ1v) is 4.96. The maximum absolute atomic E-state index is 10.8. The highest BCUT2D eigenvalue weighted by Gasteiger charge is 2.07. The smallest absolute Gasteiger partial charge is 0.268 e. The molecule has 2 rings (SSSR count). The number of thiazole rings is 1. The zero-order valence-corrected chi connectivity index (χ0v) is 8.12. The Labute approximate surface area is 85.2 Å². The summed E-state index contributed by atoms with van der Waals surface area (Å²) in [5.41, 5.74) is 6.44. The zero-order valence-electron chi connectivity index (χ0n) is 7.31. The van der Waals surface area contributed by atoms with E-state index in [9.17, 15) is 4.79 Å². The molecule has 4 heteroatoms. The van der Waals surface area contributed by atoms with Crippen LogP contribution in [0.25, 0.3) is 10.6 Å². The molecule has 0 aliphatic carbocycles. The summed E-state index contributed by atoms with van der Waals surface area (Å²) >= 11 is 1.42. The van der Waals surface area contributed by atoms with Crippen LogP contribution in [0.4, 0.5) is 0 Å². The minimum absolute atomic E-state index is 0.328. The molecule has 0 saturated heterocycles. The van der Waals surface area contributed by atoms with Crippen molar-refractivity contribution in [2.24, 2.45) is 5.73 Å². The lowest BCUT2D eigenvalue weighted by Gasteiger charge is -1.92. The molecule has 0 aliphatic heterocycles. The van der Waals surface area contributed by atoms with Crippen LogP contribution < -0.4 is 5.73 Å². The molecule has 1 aromatic heterocycles. The van der Waals surface area contributed by atoms with Gasteiger partial charge in [0.25, 0.3) is 5.91 Å². The van der Waals surface area contributed by atoms with Crippen molar-refractivity contribution in [1.29, 1.82) is 0 Å². The summed E-state index contributed by atoms with van der Waals surface area (Å²) in [5, 5.41) is 2.49. The number of rotatable bonds is 2. The lowest BCUT2D eigenvalue weighted by atomic mass is 10.2. The van der Waals surface area contributed by atoms with E-state index < -0.39 is 5.91 Å². The van der Waals surface area contributed by atoms with Crippen LogP contribution in [0.15, 0.2) is 35.7 Å². The average Bonchev–Trinajstić information content (AvgIpc) is 2.68. The van der Waals surface area contributed by atoms with Gasteiger partial charge in [0.2, 0.25) is 0 Å². The number of aromatic nitrogens is 1. The maximum Gasteiger partial charge on any atom is 0.268 e. The van der Waals surface area contributed by atoms with Gasteiger partial charge in [0, 0.05) is 10.9 Å². The fourth-order valence-corrected chi connectivity index (χ4v) is 1.92. The molecule has 14 heavy (non-hydrogen) atoms. The van der Waals surface area contributed by atoms with Crippen molar-refractivity contribution in [2.75, 3.05) is 0 Å². The minimum Gasteiger partial charge on any atom is -0.364 e. The van der Waals surface area contributed by atoms with Gasteiger partial charge in [0.1, 0.15) is 10.7 Å². The van der Waals surface area contributed by atoms with Crippen molar-refractivity contribution < 1.29 is 4.79 Å². The van der Waals surface area contributed by atoms with Crippen LogP contribution in [0.5, 0.6) is 0 Å². The van der Waals surface area contributed by atoms with Crippen LogP contribution in [0.3, 0.4) is 0 Å². The fourth-order valence-electron chi connectivity index (χ4n) is 1.10. The van der Waals surface area contributed by atoms with Gasteiger partial charge in [-0.2, -0.15) is 0 Å². The van der Waals surface area contributed by atoms with Gasteiger partial charge >= 0.3 is 0 Å². The Balaban J connectivity index is 2.39. The summed E-state index contributed by atoms with van der Waals surface area (Å²) in [7, 11) is 0. The minimum atomic E-state index is -0.483. The van der Waals surface area contributed by atoms with Gasteiger partial charge in [-0.05, 0) is 0 Å². The zero-order chi connectivity index (χ0) is 9.97. The Morgan fingerprint density at radius 2 is 2.00 bits per heavy atom. The summed E-state index contributed by atoms with van der Waals surface area (Å²) in [6.07, 6.45) is 0. The molecule has 0 atom stereocenters. The summed E-state index contributed by atoms with van der Waals surface area (Å²) in [4.78, 5) is 14.9. The molecule has 0 unspecified atom stereocenters. The lowest BCUT2D eigenvalue weighted by Crippen LogP contribution is -2.10. The first kappa shape index (κ1) is 8.90. The Morgan fingerprint density at radius 1 is 1.29 bits per heavy atom. The molecule has 0 saturated carbocycles. The topological polar surface area (TPSA) is 56.0 Å². The summed E-state index contributed by atoms with van der Waals surface area (Å²) < 4.78 is 0. The van der Waals surface area contributed by atoms with Crippen molar-refractivity contribution in [3.8, 4) is 10.6 Å². The van der Waals surface area contributed by atoms with E-state index in [2.05, 4.69) is 4.98 Å².